The first-order valence-corrected chi connectivity index (χ1v) is 11.6. The Labute approximate surface area is 209 Å². The molecule has 1 aliphatic rings. The van der Waals surface area contributed by atoms with Gasteiger partial charge in [0.25, 0.3) is 0 Å². The van der Waals surface area contributed by atoms with E-state index >= 15 is 0 Å². The third-order valence-corrected chi connectivity index (χ3v) is 6.11. The second kappa shape index (κ2) is 10.7. The number of hydrogen-bond acceptors (Lipinski definition) is 5. The van der Waals surface area contributed by atoms with E-state index in [0.717, 1.165) is 13.1 Å². The lowest BCUT2D eigenvalue weighted by Gasteiger charge is -2.34. The van der Waals surface area contributed by atoms with Crippen molar-refractivity contribution >= 4 is 35.1 Å². The van der Waals surface area contributed by atoms with Gasteiger partial charge in [0, 0.05) is 54.6 Å². The number of carbonyl (C=O) groups excluding carboxylic acids is 1. The van der Waals surface area contributed by atoms with Crippen LogP contribution in [0.2, 0.25) is 10.0 Å². The quantitative estimate of drug-likeness (QED) is 0.475. The zero-order chi connectivity index (χ0) is 25.0. The van der Waals surface area contributed by atoms with Gasteiger partial charge in [-0.05, 0) is 40.0 Å². The predicted octanol–water partition coefficient (Wildman–Crippen LogP) is 4.34. The number of nitrogens with one attached hydrogen (secondary N) is 1. The van der Waals surface area contributed by atoms with E-state index in [2.05, 4.69) is 27.0 Å². The lowest BCUT2D eigenvalue weighted by atomic mass is 10.1. The lowest BCUT2D eigenvalue weighted by Crippen LogP contribution is -2.54. The highest BCUT2D eigenvalue weighted by atomic mass is 35.5. The van der Waals surface area contributed by atoms with Crippen LogP contribution in [0, 0.1) is 17.7 Å². The number of aromatic nitrogens is 1. The number of carbonyl (C=O) groups is 1. The van der Waals surface area contributed by atoms with E-state index in [1.807, 2.05) is 20.9 Å². The zero-order valence-corrected chi connectivity index (χ0v) is 21.1. The molecule has 1 atom stereocenters. The molecule has 1 aromatic carbocycles. The molecule has 0 saturated carbocycles. The molecule has 1 aromatic heterocycles. The highest BCUT2D eigenvalue weighted by Gasteiger charge is 2.24. The van der Waals surface area contributed by atoms with Crippen molar-refractivity contribution in [1.82, 2.24) is 20.1 Å². The number of nitrogen functional groups attached to an aromatic ring is 1. The molecule has 1 unspecified atom stereocenters. The minimum absolute atomic E-state index is 0.111. The Morgan fingerprint density at radius 2 is 1.97 bits per heavy atom. The SMILES string of the molecule is CC(Oc1cc(C#CC(C)(C)NC(=O)N2CCN(C)CC2)cnc1N)c1c(Cl)ccc(F)c1Cl. The molecule has 1 fully saturated rings. The maximum absolute atomic E-state index is 13.9. The zero-order valence-electron chi connectivity index (χ0n) is 19.6. The molecule has 3 N–H and O–H groups in total. The number of nitrogens with zero attached hydrogens (tertiary/aromatic N) is 3. The maximum atomic E-state index is 13.9. The number of halogens is 3. The smallest absolute Gasteiger partial charge is 0.318 e. The van der Waals surface area contributed by atoms with Crippen molar-refractivity contribution in [1.29, 1.82) is 0 Å². The molecule has 182 valence electrons. The Balaban J connectivity index is 1.73. The third-order valence-electron chi connectivity index (χ3n) is 5.40. The largest absolute Gasteiger partial charge is 0.482 e. The van der Waals surface area contributed by atoms with Crippen molar-refractivity contribution in [2.75, 3.05) is 39.0 Å². The summed E-state index contributed by atoms with van der Waals surface area (Å²) < 4.78 is 19.8. The van der Waals surface area contributed by atoms with Crippen molar-refractivity contribution in [3.05, 3.63) is 51.4 Å². The van der Waals surface area contributed by atoms with E-state index in [9.17, 15) is 9.18 Å². The van der Waals surface area contributed by atoms with Crippen molar-refractivity contribution in [3.8, 4) is 17.6 Å². The summed E-state index contributed by atoms with van der Waals surface area (Å²) in [4.78, 5) is 20.7. The Bertz CT molecular complexity index is 1120. The number of rotatable bonds is 4. The van der Waals surface area contributed by atoms with Crippen molar-refractivity contribution < 1.29 is 13.9 Å². The van der Waals surface area contributed by atoms with Crippen LogP contribution in [0.4, 0.5) is 15.0 Å². The van der Waals surface area contributed by atoms with Gasteiger partial charge in [-0.3, -0.25) is 0 Å². The average molecular weight is 508 g/mol. The Kier molecular flexibility index (Phi) is 8.13. The lowest BCUT2D eigenvalue weighted by molar-refractivity contribution is 0.150. The summed E-state index contributed by atoms with van der Waals surface area (Å²) in [6, 6.07) is 4.09. The first-order valence-electron chi connectivity index (χ1n) is 10.8. The van der Waals surface area contributed by atoms with E-state index in [4.69, 9.17) is 33.7 Å². The molecule has 10 heteroatoms. The second-order valence-corrected chi connectivity index (χ2v) is 9.50. The molecule has 34 heavy (non-hydrogen) atoms. The normalized spacial score (nSPS) is 15.3. The van der Waals surface area contributed by atoms with Gasteiger partial charge in [0.05, 0.1) is 10.6 Å². The van der Waals surface area contributed by atoms with Crippen LogP contribution in [0.25, 0.3) is 0 Å². The number of likely N-dealkylation sites (N-methyl/N-ethyl adjacent to an activating group) is 1. The topological polar surface area (TPSA) is 83.7 Å². The molecule has 1 aliphatic heterocycles. The second-order valence-electron chi connectivity index (χ2n) is 8.72. The molecule has 2 aromatic rings. The summed E-state index contributed by atoms with van der Waals surface area (Å²) in [5.41, 5.74) is 6.04. The fourth-order valence-electron chi connectivity index (χ4n) is 3.40. The number of nitrogens with two attached hydrogens (primary N) is 1. The molecule has 0 bridgehead atoms. The molecule has 0 radical (unpaired) electrons. The molecular formula is C24H28Cl2FN5O2. The van der Waals surface area contributed by atoms with Crippen LogP contribution in [-0.2, 0) is 0 Å². The summed E-state index contributed by atoms with van der Waals surface area (Å²) in [6.07, 6.45) is 0.822. The number of amides is 2. The first-order chi connectivity index (χ1) is 16.0. The number of piperazine rings is 1. The number of anilines is 1. The number of ether oxygens (including phenoxy) is 1. The van der Waals surface area contributed by atoms with Crippen molar-refractivity contribution in [2.45, 2.75) is 32.4 Å². The van der Waals surface area contributed by atoms with Crippen LogP contribution in [-0.4, -0.2) is 59.6 Å². The maximum Gasteiger partial charge on any atom is 0.318 e. The van der Waals surface area contributed by atoms with Gasteiger partial charge in [-0.25, -0.2) is 14.2 Å². The Morgan fingerprint density at radius 1 is 1.29 bits per heavy atom. The van der Waals surface area contributed by atoms with Gasteiger partial charge in [-0.1, -0.05) is 35.0 Å². The molecule has 2 amide bonds. The standard InChI is InChI=1S/C24H28Cl2FN5O2/c1-15(20-17(25)5-6-18(27)21(20)26)34-19-13-16(14-29-22(19)28)7-8-24(2,3)30-23(33)32-11-9-31(4)10-12-32/h5-6,13-15H,9-12H2,1-4H3,(H2,28,29)(H,30,33). The molecule has 2 heterocycles. The van der Waals surface area contributed by atoms with Crippen LogP contribution in [0.1, 0.15) is 38.0 Å². The van der Waals surface area contributed by atoms with Crippen LogP contribution in [0.15, 0.2) is 24.4 Å². The summed E-state index contributed by atoms with van der Waals surface area (Å²) in [5, 5.41) is 3.13. The average Bonchev–Trinajstić information content (AvgIpc) is 2.77. The van der Waals surface area contributed by atoms with E-state index in [-0.39, 0.29) is 27.6 Å². The van der Waals surface area contributed by atoms with E-state index in [0.29, 0.717) is 24.2 Å². The van der Waals surface area contributed by atoms with Gasteiger partial charge in [-0.2, -0.15) is 0 Å². The monoisotopic (exact) mass is 507 g/mol. The minimum Gasteiger partial charge on any atom is -0.482 e. The van der Waals surface area contributed by atoms with Crippen LogP contribution in [0.5, 0.6) is 5.75 Å². The number of urea groups is 1. The molecule has 0 spiro atoms. The molecule has 0 aliphatic carbocycles. The fourth-order valence-corrected chi connectivity index (χ4v) is 4.08. The van der Waals surface area contributed by atoms with Gasteiger partial charge in [-0.15, -0.1) is 0 Å². The Hall–Kier alpha value is -2.73. The molecule has 3 rings (SSSR count). The van der Waals surface area contributed by atoms with Crippen molar-refractivity contribution in [3.63, 3.8) is 0 Å². The van der Waals surface area contributed by atoms with Crippen LogP contribution in [0.3, 0.4) is 0 Å². The third kappa shape index (κ3) is 6.44. The van der Waals surface area contributed by atoms with E-state index < -0.39 is 17.5 Å². The van der Waals surface area contributed by atoms with Crippen LogP contribution >= 0.6 is 23.2 Å². The summed E-state index contributed by atoms with van der Waals surface area (Å²) in [6.45, 7) is 8.35. The van der Waals surface area contributed by atoms with Crippen molar-refractivity contribution in [2.24, 2.45) is 0 Å². The molecule has 1 saturated heterocycles. The van der Waals surface area contributed by atoms with Gasteiger partial charge >= 0.3 is 6.03 Å². The van der Waals surface area contributed by atoms with Gasteiger partial charge < -0.3 is 25.6 Å². The van der Waals surface area contributed by atoms with E-state index in [1.165, 1.54) is 18.3 Å². The van der Waals surface area contributed by atoms with Crippen LogP contribution < -0.4 is 15.8 Å². The number of hydrogen-bond donors (Lipinski definition) is 2. The van der Waals surface area contributed by atoms with Gasteiger partial charge in [0.15, 0.2) is 11.6 Å². The highest BCUT2D eigenvalue weighted by Crippen LogP contribution is 2.35. The number of pyridine rings is 1. The molecule has 7 nitrogen and oxygen atoms in total. The summed E-state index contributed by atoms with van der Waals surface area (Å²) >= 11 is 12.3. The summed E-state index contributed by atoms with van der Waals surface area (Å²) in [7, 11) is 2.03. The minimum atomic E-state index is -0.779. The molecular weight excluding hydrogens is 480 g/mol. The first kappa shape index (κ1) is 25.9. The predicted molar refractivity (Wildman–Crippen MR) is 133 cm³/mol. The van der Waals surface area contributed by atoms with Gasteiger partial charge in [0.1, 0.15) is 11.9 Å². The number of benzene rings is 1. The summed E-state index contributed by atoms with van der Waals surface area (Å²) in [5.74, 6) is 5.88. The highest BCUT2D eigenvalue weighted by molar-refractivity contribution is 6.36. The van der Waals surface area contributed by atoms with E-state index in [1.54, 1.807) is 17.9 Å². The fraction of sp³-hybridized carbons (Fsp3) is 0.417. The van der Waals surface area contributed by atoms with Gasteiger partial charge in [0.2, 0.25) is 0 Å². The Morgan fingerprint density at radius 3 is 2.65 bits per heavy atom.